The van der Waals surface area contributed by atoms with E-state index >= 15 is 0 Å². The highest BCUT2D eigenvalue weighted by molar-refractivity contribution is 6.36. The Morgan fingerprint density at radius 2 is 1.74 bits per heavy atom. The van der Waals surface area contributed by atoms with E-state index in [4.69, 9.17) is 27.9 Å². The van der Waals surface area contributed by atoms with E-state index in [1.165, 1.54) is 6.07 Å². The van der Waals surface area contributed by atoms with Crippen LogP contribution in [0.4, 0.5) is 5.69 Å². The maximum atomic E-state index is 13.0. The van der Waals surface area contributed by atoms with Crippen molar-refractivity contribution in [2.45, 2.75) is 6.61 Å². The molecule has 31 heavy (non-hydrogen) atoms. The van der Waals surface area contributed by atoms with Crippen molar-refractivity contribution in [3.63, 3.8) is 0 Å². The van der Waals surface area contributed by atoms with Gasteiger partial charge in [0.15, 0.2) is 0 Å². The Kier molecular flexibility index (Phi) is 5.84. The molecule has 154 valence electrons. The molecule has 3 aromatic carbocycles. The number of hydrogen-bond donors (Lipinski definition) is 0. The van der Waals surface area contributed by atoms with Crippen molar-refractivity contribution in [1.29, 1.82) is 0 Å². The fourth-order valence-electron chi connectivity index (χ4n) is 3.21. The number of ether oxygens (including phenoxy) is 1. The molecule has 1 aromatic heterocycles. The fraction of sp³-hybridized carbons (Fsp3) is 0.0435. The number of pyridine rings is 1. The number of nitro benzene ring substituents is 1. The van der Waals surface area contributed by atoms with E-state index in [9.17, 15) is 14.9 Å². The molecule has 1 heterocycles. The van der Waals surface area contributed by atoms with E-state index in [0.717, 1.165) is 0 Å². The Hall–Kier alpha value is -3.48. The number of carbonyl (C=O) groups is 1. The maximum Gasteiger partial charge on any atom is 0.339 e. The molecule has 0 aliphatic heterocycles. The Bertz CT molecular complexity index is 1320. The van der Waals surface area contributed by atoms with E-state index in [1.807, 2.05) is 6.07 Å². The van der Waals surface area contributed by atoms with Crippen molar-refractivity contribution in [2.24, 2.45) is 0 Å². The van der Waals surface area contributed by atoms with Crippen LogP contribution in [0.1, 0.15) is 15.9 Å². The highest BCUT2D eigenvalue weighted by Crippen LogP contribution is 2.32. The SMILES string of the molecule is O=C(OCc1ccccc1[N+](=O)[O-])c1cc(-c2ccc(Cl)cc2Cl)nc2ccccc12. The average Bonchev–Trinajstić information content (AvgIpc) is 2.76. The van der Waals surface area contributed by atoms with Crippen LogP contribution in [0, 0.1) is 10.1 Å². The maximum absolute atomic E-state index is 13.0. The van der Waals surface area contributed by atoms with Crippen LogP contribution in [0.2, 0.25) is 10.0 Å². The molecule has 0 atom stereocenters. The van der Waals surface area contributed by atoms with Gasteiger partial charge in [0.05, 0.1) is 32.3 Å². The molecular formula is C23H14Cl2N2O4. The number of aromatic nitrogens is 1. The van der Waals surface area contributed by atoms with Gasteiger partial charge in [0.1, 0.15) is 6.61 Å². The molecule has 8 heteroatoms. The van der Waals surface area contributed by atoms with Crippen molar-refractivity contribution in [1.82, 2.24) is 4.98 Å². The molecule has 0 aliphatic carbocycles. The molecule has 0 spiro atoms. The summed E-state index contributed by atoms with van der Waals surface area (Å²) in [5, 5.41) is 12.7. The molecule has 0 saturated carbocycles. The predicted octanol–water partition coefficient (Wildman–Crippen LogP) is 6.47. The second kappa shape index (κ2) is 8.71. The molecule has 0 amide bonds. The summed E-state index contributed by atoms with van der Waals surface area (Å²) < 4.78 is 5.43. The monoisotopic (exact) mass is 452 g/mol. The number of hydrogen-bond acceptors (Lipinski definition) is 5. The Labute approximate surface area is 187 Å². The van der Waals surface area contributed by atoms with E-state index in [-0.39, 0.29) is 17.9 Å². The Morgan fingerprint density at radius 3 is 2.52 bits per heavy atom. The van der Waals surface area contributed by atoms with E-state index < -0.39 is 10.9 Å². The summed E-state index contributed by atoms with van der Waals surface area (Å²) in [6.45, 7) is -0.232. The molecule has 6 nitrogen and oxygen atoms in total. The van der Waals surface area contributed by atoms with Crippen molar-refractivity contribution < 1.29 is 14.5 Å². The molecule has 4 rings (SSSR count). The number of fused-ring (bicyclic) bond motifs is 1. The summed E-state index contributed by atoms with van der Waals surface area (Å²) in [7, 11) is 0. The van der Waals surface area contributed by atoms with Crippen molar-refractivity contribution >= 4 is 45.8 Å². The number of para-hydroxylation sites is 2. The average molecular weight is 453 g/mol. The zero-order valence-electron chi connectivity index (χ0n) is 15.9. The summed E-state index contributed by atoms with van der Waals surface area (Å²) in [6, 6.07) is 19.9. The summed E-state index contributed by atoms with van der Waals surface area (Å²) in [5.41, 5.74) is 2.17. The first-order valence-corrected chi connectivity index (χ1v) is 9.94. The number of benzene rings is 3. The van der Waals surface area contributed by atoms with Crippen molar-refractivity contribution in [2.75, 3.05) is 0 Å². The van der Waals surface area contributed by atoms with E-state index in [1.54, 1.807) is 60.7 Å². The highest BCUT2D eigenvalue weighted by atomic mass is 35.5. The molecule has 0 unspecified atom stereocenters. The first-order valence-electron chi connectivity index (χ1n) is 9.18. The van der Waals surface area contributed by atoms with Gasteiger partial charge in [-0.05, 0) is 36.4 Å². The van der Waals surface area contributed by atoms with Crippen LogP contribution < -0.4 is 0 Å². The zero-order valence-corrected chi connectivity index (χ0v) is 17.4. The largest absolute Gasteiger partial charge is 0.457 e. The van der Waals surface area contributed by atoms with Gasteiger partial charge in [-0.3, -0.25) is 10.1 Å². The van der Waals surface area contributed by atoms with Gasteiger partial charge >= 0.3 is 5.97 Å². The summed E-state index contributed by atoms with van der Waals surface area (Å²) >= 11 is 12.3. The number of nitrogens with zero attached hydrogens (tertiary/aromatic N) is 2. The van der Waals surface area contributed by atoms with Gasteiger partial charge in [-0.15, -0.1) is 0 Å². The topological polar surface area (TPSA) is 82.3 Å². The molecule has 0 radical (unpaired) electrons. The third-order valence-electron chi connectivity index (χ3n) is 4.69. The number of carbonyl (C=O) groups excluding carboxylic acids is 1. The first-order chi connectivity index (χ1) is 14.9. The van der Waals surface area contributed by atoms with Crippen molar-refractivity contribution in [3.05, 3.63) is 104 Å². The molecule has 0 N–H and O–H groups in total. The number of rotatable bonds is 5. The second-order valence-electron chi connectivity index (χ2n) is 6.66. The van der Waals surface area contributed by atoms with Gasteiger partial charge in [0, 0.05) is 22.0 Å². The van der Waals surface area contributed by atoms with Crippen LogP contribution in [-0.2, 0) is 11.3 Å². The first kappa shape index (κ1) is 20.8. The minimum absolute atomic E-state index is 0.108. The summed E-state index contributed by atoms with van der Waals surface area (Å²) in [5.74, 6) is -0.622. The molecule has 0 fully saturated rings. The lowest BCUT2D eigenvalue weighted by atomic mass is 10.0. The number of halogens is 2. The van der Waals surface area contributed by atoms with Gasteiger partial charge in [-0.1, -0.05) is 53.5 Å². The quantitative estimate of drug-likeness (QED) is 0.196. The standard InChI is InChI=1S/C23H14Cl2N2O4/c24-15-9-10-17(19(25)11-15)21-12-18(16-6-2-3-7-20(16)26-21)23(28)31-13-14-5-1-4-8-22(14)27(29)30/h1-12H,13H2. The Balaban J connectivity index is 1.73. The minimum Gasteiger partial charge on any atom is -0.457 e. The predicted molar refractivity (Wildman–Crippen MR) is 119 cm³/mol. The van der Waals surface area contributed by atoms with Crippen LogP contribution in [0.25, 0.3) is 22.2 Å². The van der Waals surface area contributed by atoms with E-state index in [0.29, 0.717) is 37.8 Å². The van der Waals surface area contributed by atoms with Gasteiger partial charge in [-0.2, -0.15) is 0 Å². The van der Waals surface area contributed by atoms with Crippen molar-refractivity contribution in [3.8, 4) is 11.3 Å². The fourth-order valence-corrected chi connectivity index (χ4v) is 3.72. The van der Waals surface area contributed by atoms with Crippen LogP contribution in [0.15, 0.2) is 72.8 Å². The molecule has 0 saturated heterocycles. The zero-order chi connectivity index (χ0) is 22.0. The molecule has 0 aliphatic rings. The normalized spacial score (nSPS) is 10.8. The van der Waals surface area contributed by atoms with Gasteiger partial charge in [0.25, 0.3) is 5.69 Å². The van der Waals surface area contributed by atoms with Crippen LogP contribution >= 0.6 is 23.2 Å². The van der Waals surface area contributed by atoms with E-state index in [2.05, 4.69) is 4.98 Å². The number of nitro groups is 1. The lowest BCUT2D eigenvalue weighted by molar-refractivity contribution is -0.385. The highest BCUT2D eigenvalue weighted by Gasteiger charge is 2.19. The van der Waals surface area contributed by atoms with Gasteiger partial charge in [0.2, 0.25) is 0 Å². The molecular weight excluding hydrogens is 439 g/mol. The van der Waals surface area contributed by atoms with Gasteiger partial charge in [-0.25, -0.2) is 9.78 Å². The summed E-state index contributed by atoms with van der Waals surface area (Å²) in [4.78, 5) is 28.3. The molecule has 4 aromatic rings. The molecule has 0 bridgehead atoms. The smallest absolute Gasteiger partial charge is 0.339 e. The third kappa shape index (κ3) is 4.35. The van der Waals surface area contributed by atoms with Crippen LogP contribution in [0.3, 0.4) is 0 Å². The lowest BCUT2D eigenvalue weighted by Gasteiger charge is -2.11. The number of esters is 1. The van der Waals surface area contributed by atoms with Crippen LogP contribution in [-0.4, -0.2) is 15.9 Å². The lowest BCUT2D eigenvalue weighted by Crippen LogP contribution is -2.08. The van der Waals surface area contributed by atoms with Gasteiger partial charge < -0.3 is 4.74 Å². The summed E-state index contributed by atoms with van der Waals surface area (Å²) in [6.07, 6.45) is 0. The van der Waals surface area contributed by atoms with Crippen LogP contribution in [0.5, 0.6) is 0 Å². The minimum atomic E-state index is -0.622. The second-order valence-corrected chi connectivity index (χ2v) is 7.50. The Morgan fingerprint density at radius 1 is 1.00 bits per heavy atom. The third-order valence-corrected chi connectivity index (χ3v) is 5.24.